The summed E-state index contributed by atoms with van der Waals surface area (Å²) in [6, 6.07) is 0. The average Bonchev–Trinajstić information content (AvgIpc) is 2.43. The van der Waals surface area contributed by atoms with Crippen LogP contribution in [0.2, 0.25) is 0 Å². The minimum Gasteiger partial charge on any atom is -0.466 e. The van der Waals surface area contributed by atoms with Gasteiger partial charge in [0.1, 0.15) is 0 Å². The third-order valence-electron chi connectivity index (χ3n) is 2.42. The molecule has 0 fully saturated rings. The molecule has 21 heavy (non-hydrogen) atoms. The lowest BCUT2D eigenvalue weighted by Crippen LogP contribution is -2.38. The van der Waals surface area contributed by atoms with E-state index in [1.807, 2.05) is 20.8 Å². The molecule has 0 aliphatic heterocycles. The number of nitrogens with one attached hydrogen (secondary N) is 2. The van der Waals surface area contributed by atoms with Crippen LogP contribution in [0.15, 0.2) is 4.99 Å². The Kier molecular flexibility index (Phi) is 18.9. The van der Waals surface area contributed by atoms with Crippen LogP contribution >= 0.6 is 24.0 Å². The fourth-order valence-electron chi connectivity index (χ4n) is 1.51. The van der Waals surface area contributed by atoms with Gasteiger partial charge in [-0.2, -0.15) is 0 Å². The lowest BCUT2D eigenvalue weighted by molar-refractivity contribution is -0.143. The van der Waals surface area contributed by atoms with Crippen molar-refractivity contribution in [3.63, 3.8) is 0 Å². The van der Waals surface area contributed by atoms with Crippen LogP contribution in [0.25, 0.3) is 0 Å². The highest BCUT2D eigenvalue weighted by atomic mass is 127. The minimum atomic E-state index is -0.155. The van der Waals surface area contributed by atoms with Crippen LogP contribution in [-0.2, 0) is 14.3 Å². The van der Waals surface area contributed by atoms with E-state index in [2.05, 4.69) is 15.6 Å². The van der Waals surface area contributed by atoms with E-state index in [9.17, 15) is 4.79 Å². The van der Waals surface area contributed by atoms with Crippen LogP contribution in [0.5, 0.6) is 0 Å². The van der Waals surface area contributed by atoms with Crippen molar-refractivity contribution in [2.24, 2.45) is 4.99 Å². The highest BCUT2D eigenvalue weighted by Crippen LogP contribution is 1.93. The molecule has 0 amide bonds. The number of hydrogen-bond acceptors (Lipinski definition) is 4. The number of rotatable bonds is 11. The number of nitrogens with zero attached hydrogens (tertiary/aromatic N) is 1. The van der Waals surface area contributed by atoms with Crippen molar-refractivity contribution in [1.29, 1.82) is 0 Å². The van der Waals surface area contributed by atoms with Gasteiger partial charge in [0, 0.05) is 39.3 Å². The third kappa shape index (κ3) is 15.6. The summed E-state index contributed by atoms with van der Waals surface area (Å²) in [5, 5.41) is 6.40. The third-order valence-corrected chi connectivity index (χ3v) is 2.42. The quantitative estimate of drug-likeness (QED) is 0.177. The Morgan fingerprint density at radius 1 is 1.10 bits per heavy atom. The van der Waals surface area contributed by atoms with Crippen molar-refractivity contribution in [3.8, 4) is 0 Å². The molecule has 0 spiro atoms. The van der Waals surface area contributed by atoms with Gasteiger partial charge in [-0.15, -0.1) is 24.0 Å². The maximum atomic E-state index is 11.2. The maximum Gasteiger partial charge on any atom is 0.305 e. The van der Waals surface area contributed by atoms with E-state index < -0.39 is 0 Å². The van der Waals surface area contributed by atoms with E-state index in [0.717, 1.165) is 38.7 Å². The highest BCUT2D eigenvalue weighted by Gasteiger charge is 2.01. The number of guanidine groups is 1. The lowest BCUT2D eigenvalue weighted by Gasteiger charge is -2.11. The number of carbonyl (C=O) groups excluding carboxylic acids is 1. The Morgan fingerprint density at radius 3 is 2.48 bits per heavy atom. The van der Waals surface area contributed by atoms with Gasteiger partial charge in [0.2, 0.25) is 0 Å². The van der Waals surface area contributed by atoms with Gasteiger partial charge in [-0.25, -0.2) is 0 Å². The first-order valence-corrected chi connectivity index (χ1v) is 7.50. The SMILES string of the molecule is CCNC(=NCCCC(=O)OCC)NCCCOCC.I. The van der Waals surface area contributed by atoms with Crippen molar-refractivity contribution < 1.29 is 14.3 Å². The number of esters is 1. The zero-order valence-electron chi connectivity index (χ0n) is 13.4. The Hall–Kier alpha value is -0.570. The van der Waals surface area contributed by atoms with E-state index in [0.29, 0.717) is 26.0 Å². The summed E-state index contributed by atoms with van der Waals surface area (Å²) >= 11 is 0. The molecule has 0 saturated heterocycles. The first-order chi connectivity index (χ1) is 9.74. The molecule has 7 heteroatoms. The number of aliphatic imine (C=N–C) groups is 1. The molecule has 0 aliphatic carbocycles. The maximum absolute atomic E-state index is 11.2. The van der Waals surface area contributed by atoms with Gasteiger partial charge in [-0.1, -0.05) is 0 Å². The molecule has 0 radical (unpaired) electrons. The smallest absolute Gasteiger partial charge is 0.305 e. The summed E-state index contributed by atoms with van der Waals surface area (Å²) < 4.78 is 10.1. The highest BCUT2D eigenvalue weighted by molar-refractivity contribution is 14.0. The molecule has 0 atom stereocenters. The van der Waals surface area contributed by atoms with Gasteiger partial charge in [0.15, 0.2) is 5.96 Å². The van der Waals surface area contributed by atoms with Crippen molar-refractivity contribution >= 4 is 35.9 Å². The Labute approximate surface area is 145 Å². The number of hydrogen-bond donors (Lipinski definition) is 2. The molecular weight excluding hydrogens is 385 g/mol. The predicted molar refractivity (Wildman–Crippen MR) is 96.4 cm³/mol. The first-order valence-electron chi connectivity index (χ1n) is 7.50. The molecule has 0 unspecified atom stereocenters. The molecule has 0 heterocycles. The van der Waals surface area contributed by atoms with Crippen LogP contribution in [0.4, 0.5) is 0 Å². The number of ether oxygens (including phenoxy) is 2. The molecule has 2 N–H and O–H groups in total. The van der Waals surface area contributed by atoms with Gasteiger partial charge in [-0.3, -0.25) is 9.79 Å². The van der Waals surface area contributed by atoms with Crippen LogP contribution in [0, 0.1) is 0 Å². The zero-order valence-corrected chi connectivity index (χ0v) is 15.8. The second-order valence-corrected chi connectivity index (χ2v) is 4.15. The Bertz CT molecular complexity index is 276. The summed E-state index contributed by atoms with van der Waals surface area (Å²) in [6.07, 6.45) is 2.07. The lowest BCUT2D eigenvalue weighted by atomic mass is 10.3. The molecule has 0 aromatic rings. The predicted octanol–water partition coefficient (Wildman–Crippen LogP) is 1.93. The van der Waals surface area contributed by atoms with Crippen LogP contribution in [-0.4, -0.2) is 51.4 Å². The van der Waals surface area contributed by atoms with Crippen LogP contribution in [0.1, 0.15) is 40.0 Å². The van der Waals surface area contributed by atoms with E-state index in [-0.39, 0.29) is 29.9 Å². The molecule has 0 rings (SSSR count). The summed E-state index contributed by atoms with van der Waals surface area (Å²) in [7, 11) is 0. The van der Waals surface area contributed by atoms with Gasteiger partial charge >= 0.3 is 5.97 Å². The Morgan fingerprint density at radius 2 is 1.86 bits per heavy atom. The number of halogens is 1. The molecule has 0 bridgehead atoms. The molecule has 126 valence electrons. The largest absolute Gasteiger partial charge is 0.466 e. The van der Waals surface area contributed by atoms with Gasteiger partial charge in [0.05, 0.1) is 6.61 Å². The van der Waals surface area contributed by atoms with Gasteiger partial charge in [0.25, 0.3) is 0 Å². The second-order valence-electron chi connectivity index (χ2n) is 4.15. The second kappa shape index (κ2) is 17.5. The van der Waals surface area contributed by atoms with Crippen LogP contribution in [0.3, 0.4) is 0 Å². The number of carbonyl (C=O) groups is 1. The van der Waals surface area contributed by atoms with E-state index in [4.69, 9.17) is 9.47 Å². The molecule has 0 aromatic carbocycles. The standard InChI is InChI=1S/C14H29N3O3.HI/c1-4-15-14(17-11-8-12-19-5-2)16-10-7-9-13(18)20-6-3;/h4-12H2,1-3H3,(H2,15,16,17);1H. The summed E-state index contributed by atoms with van der Waals surface area (Å²) in [4.78, 5) is 15.6. The molecule has 0 saturated carbocycles. The molecular formula is C14H30IN3O3. The zero-order chi connectivity index (χ0) is 15.1. The Balaban J connectivity index is 0. The normalized spacial score (nSPS) is 10.7. The summed E-state index contributed by atoms with van der Waals surface area (Å²) in [5.41, 5.74) is 0. The fourth-order valence-corrected chi connectivity index (χ4v) is 1.51. The van der Waals surface area contributed by atoms with Crippen molar-refractivity contribution in [2.75, 3.05) is 39.5 Å². The fraction of sp³-hybridized carbons (Fsp3) is 0.857. The minimum absolute atomic E-state index is 0. The van der Waals surface area contributed by atoms with Crippen molar-refractivity contribution in [1.82, 2.24) is 10.6 Å². The van der Waals surface area contributed by atoms with E-state index in [1.165, 1.54) is 0 Å². The molecule has 0 aromatic heterocycles. The first kappa shape index (κ1) is 22.7. The van der Waals surface area contributed by atoms with Crippen molar-refractivity contribution in [3.05, 3.63) is 0 Å². The average molecular weight is 415 g/mol. The van der Waals surface area contributed by atoms with Crippen LogP contribution < -0.4 is 10.6 Å². The van der Waals surface area contributed by atoms with Gasteiger partial charge < -0.3 is 20.1 Å². The molecule has 0 aliphatic rings. The molecule has 6 nitrogen and oxygen atoms in total. The topological polar surface area (TPSA) is 72.0 Å². The summed E-state index contributed by atoms with van der Waals surface area (Å²) in [5.74, 6) is 0.630. The van der Waals surface area contributed by atoms with Crippen molar-refractivity contribution in [2.45, 2.75) is 40.0 Å². The van der Waals surface area contributed by atoms with E-state index in [1.54, 1.807) is 0 Å². The monoisotopic (exact) mass is 415 g/mol. The van der Waals surface area contributed by atoms with Gasteiger partial charge in [-0.05, 0) is 33.6 Å². The van der Waals surface area contributed by atoms with E-state index >= 15 is 0 Å². The summed E-state index contributed by atoms with van der Waals surface area (Å²) in [6.45, 7) is 10.0.